The summed E-state index contributed by atoms with van der Waals surface area (Å²) in [6.45, 7) is 0. The van der Waals surface area contributed by atoms with Gasteiger partial charge in [-0.2, -0.15) is 20.3 Å². The molecule has 0 aromatic carbocycles. The van der Waals surface area contributed by atoms with Crippen LogP contribution in [0.2, 0.25) is 0 Å². The molecule has 0 aliphatic rings. The molecule has 11 nitrogen and oxygen atoms in total. The molecule has 0 amide bonds. The van der Waals surface area contributed by atoms with Crippen LogP contribution in [0.4, 0.5) is 0 Å². The molecule has 0 aliphatic carbocycles. The van der Waals surface area contributed by atoms with Gasteiger partial charge in [0.1, 0.15) is 0 Å². The second-order valence-electron chi connectivity index (χ2n) is 3.39. The van der Waals surface area contributed by atoms with Gasteiger partial charge >= 0.3 is 0 Å². The van der Waals surface area contributed by atoms with E-state index in [9.17, 15) is 0 Å². The van der Waals surface area contributed by atoms with Crippen molar-refractivity contribution in [3.63, 3.8) is 0 Å². The Bertz CT molecular complexity index is 81.6. The maximum atomic E-state index is 7.89. The Morgan fingerprint density at radius 2 is 0.381 bits per heavy atom. The van der Waals surface area contributed by atoms with Crippen molar-refractivity contribution in [3.8, 4) is 0 Å². The standard InChI is InChI=1S/4C2H7NO.3H2O.2V/c4*1-3(2)4;;;;;/h4*4H,1-2H3;3*1H2;;. The third kappa shape index (κ3) is 13700. The van der Waals surface area contributed by atoms with E-state index in [1.165, 1.54) is 0 Å². The van der Waals surface area contributed by atoms with Gasteiger partial charge in [-0.1, -0.05) is 0 Å². The molecule has 0 saturated carbocycles. The molecule has 0 aromatic heterocycles. The van der Waals surface area contributed by atoms with E-state index in [1.54, 1.807) is 56.4 Å². The molecule has 0 unspecified atom stereocenters. The van der Waals surface area contributed by atoms with Gasteiger partial charge in [-0.05, 0) is 0 Å². The maximum absolute atomic E-state index is 7.89. The topological polar surface area (TPSA) is 188 Å². The summed E-state index contributed by atoms with van der Waals surface area (Å²) >= 11 is 0. The minimum Gasteiger partial charge on any atom is -0.412 e. The summed E-state index contributed by atoms with van der Waals surface area (Å²) in [5.41, 5.74) is 0. The minimum atomic E-state index is 0. The summed E-state index contributed by atoms with van der Waals surface area (Å²) in [6, 6.07) is 0. The van der Waals surface area contributed by atoms with Crippen LogP contribution in [0.1, 0.15) is 0 Å². The van der Waals surface area contributed by atoms with Gasteiger partial charge in [0, 0.05) is 93.5 Å². The van der Waals surface area contributed by atoms with Crippen molar-refractivity contribution in [2.45, 2.75) is 0 Å². The van der Waals surface area contributed by atoms with Crippen LogP contribution in [0.3, 0.4) is 0 Å². The van der Waals surface area contributed by atoms with Crippen LogP contribution in [-0.4, -0.2) is 114 Å². The molecule has 138 valence electrons. The van der Waals surface area contributed by atoms with Crippen LogP contribution >= 0.6 is 0 Å². The molecule has 2 radical (unpaired) electrons. The van der Waals surface area contributed by atoms with E-state index in [0.29, 0.717) is 0 Å². The summed E-state index contributed by atoms with van der Waals surface area (Å²) in [5, 5.41) is 35.6. The van der Waals surface area contributed by atoms with E-state index in [1.807, 2.05) is 0 Å². The summed E-state index contributed by atoms with van der Waals surface area (Å²) < 4.78 is 0. The Labute approximate surface area is 151 Å². The second kappa shape index (κ2) is 49.8. The average molecular weight is 400 g/mol. The van der Waals surface area contributed by atoms with E-state index in [-0.39, 0.29) is 53.5 Å². The molecule has 0 spiro atoms. The van der Waals surface area contributed by atoms with E-state index in [0.717, 1.165) is 20.3 Å². The first-order chi connectivity index (χ1) is 6.93. The molecule has 10 N–H and O–H groups in total. The molecule has 0 aliphatic heterocycles. The van der Waals surface area contributed by atoms with E-state index < -0.39 is 0 Å². The van der Waals surface area contributed by atoms with Crippen LogP contribution < -0.4 is 0 Å². The molecule has 0 fully saturated rings. The first-order valence-corrected chi connectivity index (χ1v) is 4.38. The maximum Gasteiger partial charge on any atom is 0.0121 e. The molecule has 0 atom stereocenters. The van der Waals surface area contributed by atoms with Crippen LogP contribution in [0.5, 0.6) is 0 Å². The predicted octanol–water partition coefficient (Wildman–Crippen LogP) is -2.73. The molecule has 0 saturated heterocycles. The summed E-state index contributed by atoms with van der Waals surface area (Å²) in [7, 11) is 12.4. The molecule has 0 heterocycles. The normalized spacial score (nSPS) is 6.86. The van der Waals surface area contributed by atoms with Crippen molar-refractivity contribution in [1.29, 1.82) is 0 Å². The zero-order chi connectivity index (χ0) is 14.3. The van der Waals surface area contributed by atoms with Crippen molar-refractivity contribution in [3.05, 3.63) is 0 Å². The first kappa shape index (κ1) is 57.6. The SMILES string of the molecule is CN(C)O.CN(C)O.CN(C)O.CN(C)O.O.O.O.[V].[V]. The van der Waals surface area contributed by atoms with Gasteiger partial charge in [-0.15, -0.1) is 0 Å². The van der Waals surface area contributed by atoms with Gasteiger partial charge in [0.05, 0.1) is 0 Å². The zero-order valence-corrected chi connectivity index (χ0v) is 16.8. The van der Waals surface area contributed by atoms with Gasteiger partial charge in [-0.25, -0.2) is 0 Å². The quantitative estimate of drug-likeness (QED) is 0.315. The minimum absolute atomic E-state index is 0. The van der Waals surface area contributed by atoms with E-state index >= 15 is 0 Å². The van der Waals surface area contributed by atoms with Crippen molar-refractivity contribution in [1.82, 2.24) is 20.3 Å². The molecule has 21 heavy (non-hydrogen) atoms. The third-order valence-electron chi connectivity index (χ3n) is 0. The fourth-order valence-corrected chi connectivity index (χ4v) is 0. The van der Waals surface area contributed by atoms with Crippen LogP contribution in [-0.2, 0) is 37.1 Å². The number of nitrogens with zero attached hydrogens (tertiary/aromatic N) is 4. The Morgan fingerprint density at radius 1 is 0.381 bits per heavy atom. The second-order valence-corrected chi connectivity index (χ2v) is 3.39. The average Bonchev–Trinajstić information content (AvgIpc) is 1.76. The van der Waals surface area contributed by atoms with Crippen molar-refractivity contribution < 1.29 is 74.4 Å². The number of rotatable bonds is 0. The summed E-state index contributed by atoms with van der Waals surface area (Å²) in [5.74, 6) is 0. The van der Waals surface area contributed by atoms with Gasteiger partial charge in [0.25, 0.3) is 0 Å². The van der Waals surface area contributed by atoms with E-state index in [2.05, 4.69) is 0 Å². The third-order valence-corrected chi connectivity index (χ3v) is 0. The summed E-state index contributed by atoms with van der Waals surface area (Å²) in [4.78, 5) is 0. The Morgan fingerprint density at radius 3 is 0.381 bits per heavy atom. The molecule has 0 bridgehead atoms. The largest absolute Gasteiger partial charge is 0.412 e. The molecule has 0 aromatic rings. The van der Waals surface area contributed by atoms with Gasteiger partial charge in [0.2, 0.25) is 0 Å². The van der Waals surface area contributed by atoms with Gasteiger partial charge < -0.3 is 37.3 Å². The number of hydrogen-bond donors (Lipinski definition) is 4. The Balaban J connectivity index is -0.0000000121. The fraction of sp³-hybridized carbons (Fsp3) is 1.00. The number of hydroxylamine groups is 8. The van der Waals surface area contributed by atoms with Crippen molar-refractivity contribution in [2.75, 3.05) is 56.4 Å². The van der Waals surface area contributed by atoms with Crippen molar-refractivity contribution >= 4 is 0 Å². The Hall–Kier alpha value is 0.729. The van der Waals surface area contributed by atoms with Crippen LogP contribution in [0.25, 0.3) is 0 Å². The fourth-order valence-electron chi connectivity index (χ4n) is 0. The van der Waals surface area contributed by atoms with Gasteiger partial charge in [-0.3, -0.25) is 0 Å². The van der Waals surface area contributed by atoms with Gasteiger partial charge in [0.15, 0.2) is 0 Å². The first-order valence-electron chi connectivity index (χ1n) is 4.38. The summed E-state index contributed by atoms with van der Waals surface area (Å²) in [6.07, 6.45) is 0. The monoisotopic (exact) mass is 400 g/mol. The molecule has 0 rings (SSSR count). The molecular formula is C8H34N4O7V2. The van der Waals surface area contributed by atoms with Crippen molar-refractivity contribution in [2.24, 2.45) is 0 Å². The number of hydrogen-bond acceptors (Lipinski definition) is 8. The van der Waals surface area contributed by atoms with Crippen LogP contribution in [0, 0.1) is 0 Å². The molecular weight excluding hydrogens is 366 g/mol. The van der Waals surface area contributed by atoms with Crippen LogP contribution in [0.15, 0.2) is 0 Å². The van der Waals surface area contributed by atoms with E-state index in [4.69, 9.17) is 20.8 Å². The predicted molar refractivity (Wildman–Crippen MR) is 72.7 cm³/mol. The smallest absolute Gasteiger partial charge is 0.0121 e. The molecule has 13 heteroatoms. The Kier molecular flexibility index (Phi) is 137. The zero-order valence-electron chi connectivity index (χ0n) is 14.0.